The van der Waals surface area contributed by atoms with E-state index in [4.69, 9.17) is 9.15 Å². The van der Waals surface area contributed by atoms with Crippen LogP contribution in [0.5, 0.6) is 0 Å². The fourth-order valence-electron chi connectivity index (χ4n) is 2.10. The van der Waals surface area contributed by atoms with Gasteiger partial charge in [-0.05, 0) is 18.2 Å². The second-order valence-electron chi connectivity index (χ2n) is 4.85. The van der Waals surface area contributed by atoms with Crippen molar-refractivity contribution < 1.29 is 23.5 Å². The summed E-state index contributed by atoms with van der Waals surface area (Å²) in [6.07, 6.45) is 4.34. The van der Waals surface area contributed by atoms with E-state index in [0.717, 1.165) is 5.69 Å². The average Bonchev–Trinajstić information content (AvgIpc) is 3.29. The SMILES string of the molecule is COC(=O)c1occc1COC(=O)c1cnn(-c2ccccc2)c1. The Kier molecular flexibility index (Phi) is 4.42. The Morgan fingerprint density at radius 1 is 1.17 bits per heavy atom. The van der Waals surface area contributed by atoms with E-state index >= 15 is 0 Å². The summed E-state index contributed by atoms with van der Waals surface area (Å²) in [5, 5.41) is 4.13. The van der Waals surface area contributed by atoms with Gasteiger partial charge in [0.05, 0.1) is 30.8 Å². The predicted octanol–water partition coefficient (Wildman–Crippen LogP) is 2.61. The standard InChI is InChI=1S/C17H14N2O5/c1-22-17(21)15-12(7-8-23-15)11-24-16(20)13-9-18-19(10-13)14-5-3-2-4-6-14/h2-10H,11H2,1H3. The van der Waals surface area contributed by atoms with Crippen LogP contribution in [0.2, 0.25) is 0 Å². The van der Waals surface area contributed by atoms with Gasteiger partial charge in [-0.3, -0.25) is 0 Å². The van der Waals surface area contributed by atoms with Crippen LogP contribution in [0.1, 0.15) is 26.5 Å². The molecule has 2 aromatic heterocycles. The summed E-state index contributed by atoms with van der Waals surface area (Å²) in [5.41, 5.74) is 1.58. The third kappa shape index (κ3) is 3.19. The van der Waals surface area contributed by atoms with Gasteiger partial charge >= 0.3 is 11.9 Å². The number of esters is 2. The normalized spacial score (nSPS) is 10.4. The van der Waals surface area contributed by atoms with E-state index in [0.29, 0.717) is 11.1 Å². The highest BCUT2D eigenvalue weighted by atomic mass is 16.5. The van der Waals surface area contributed by atoms with Crippen molar-refractivity contribution in [3.63, 3.8) is 0 Å². The number of rotatable bonds is 5. The fraction of sp³-hybridized carbons (Fsp3) is 0.118. The van der Waals surface area contributed by atoms with E-state index in [2.05, 4.69) is 9.84 Å². The number of carbonyl (C=O) groups excluding carboxylic acids is 2. The third-order valence-corrected chi connectivity index (χ3v) is 3.32. The highest BCUT2D eigenvalue weighted by Crippen LogP contribution is 2.15. The molecule has 1 aromatic carbocycles. The second kappa shape index (κ2) is 6.82. The lowest BCUT2D eigenvalue weighted by atomic mass is 10.2. The largest absolute Gasteiger partial charge is 0.463 e. The van der Waals surface area contributed by atoms with Crippen molar-refractivity contribution in [1.82, 2.24) is 9.78 Å². The molecule has 7 heteroatoms. The molecule has 0 bridgehead atoms. The molecule has 7 nitrogen and oxygen atoms in total. The number of furan rings is 1. The zero-order valence-corrected chi connectivity index (χ0v) is 12.8. The molecule has 122 valence electrons. The minimum Gasteiger partial charge on any atom is -0.463 e. The van der Waals surface area contributed by atoms with Crippen LogP contribution in [-0.4, -0.2) is 28.8 Å². The summed E-state index contributed by atoms with van der Waals surface area (Å²) >= 11 is 0. The molecule has 0 radical (unpaired) electrons. The van der Waals surface area contributed by atoms with Gasteiger partial charge in [0.25, 0.3) is 0 Å². The molecule has 3 aromatic rings. The van der Waals surface area contributed by atoms with E-state index in [9.17, 15) is 9.59 Å². The van der Waals surface area contributed by atoms with Crippen LogP contribution in [0.3, 0.4) is 0 Å². The van der Waals surface area contributed by atoms with Crippen LogP contribution in [0, 0.1) is 0 Å². The van der Waals surface area contributed by atoms with E-state index in [1.807, 2.05) is 30.3 Å². The van der Waals surface area contributed by atoms with Crippen molar-refractivity contribution in [2.75, 3.05) is 7.11 Å². The molecule has 0 aliphatic carbocycles. The quantitative estimate of drug-likeness (QED) is 0.670. The molecule has 2 heterocycles. The molecule has 0 saturated heterocycles. The van der Waals surface area contributed by atoms with Gasteiger partial charge in [0, 0.05) is 11.8 Å². The lowest BCUT2D eigenvalue weighted by Gasteiger charge is -2.03. The molecule has 0 saturated carbocycles. The number of para-hydroxylation sites is 1. The van der Waals surface area contributed by atoms with Crippen LogP contribution >= 0.6 is 0 Å². The molecule has 3 rings (SSSR count). The molecule has 0 fully saturated rings. The second-order valence-corrected chi connectivity index (χ2v) is 4.85. The summed E-state index contributed by atoms with van der Waals surface area (Å²) in [4.78, 5) is 23.6. The number of carbonyl (C=O) groups is 2. The van der Waals surface area contributed by atoms with Crippen molar-refractivity contribution >= 4 is 11.9 Å². The minimum atomic E-state index is -0.622. The third-order valence-electron chi connectivity index (χ3n) is 3.32. The molecular weight excluding hydrogens is 312 g/mol. The smallest absolute Gasteiger partial charge is 0.374 e. The highest BCUT2D eigenvalue weighted by Gasteiger charge is 2.18. The fourth-order valence-corrected chi connectivity index (χ4v) is 2.10. The molecule has 0 N–H and O–H groups in total. The summed E-state index contributed by atoms with van der Waals surface area (Å²) in [6, 6.07) is 10.9. The Morgan fingerprint density at radius 2 is 1.96 bits per heavy atom. The molecule has 24 heavy (non-hydrogen) atoms. The summed E-state index contributed by atoms with van der Waals surface area (Å²) in [7, 11) is 1.25. The lowest BCUT2D eigenvalue weighted by Crippen LogP contribution is -2.08. The summed E-state index contributed by atoms with van der Waals surface area (Å²) < 4.78 is 16.4. The van der Waals surface area contributed by atoms with Crippen molar-refractivity contribution in [3.05, 3.63) is 71.9 Å². The van der Waals surface area contributed by atoms with Gasteiger partial charge in [-0.25, -0.2) is 14.3 Å². The summed E-state index contributed by atoms with van der Waals surface area (Å²) in [6.45, 7) is -0.101. The molecule has 0 spiro atoms. The van der Waals surface area contributed by atoms with Crippen LogP contribution in [0.4, 0.5) is 0 Å². The number of ether oxygens (including phenoxy) is 2. The first kappa shape index (κ1) is 15.5. The summed E-state index contributed by atoms with van der Waals surface area (Å²) in [5.74, 6) is -1.15. The number of hydrogen-bond acceptors (Lipinski definition) is 6. The maximum Gasteiger partial charge on any atom is 0.374 e. The topological polar surface area (TPSA) is 83.6 Å². The zero-order valence-electron chi connectivity index (χ0n) is 12.8. The Labute approximate surface area is 137 Å². The zero-order chi connectivity index (χ0) is 16.9. The van der Waals surface area contributed by atoms with E-state index in [-0.39, 0.29) is 12.4 Å². The number of benzene rings is 1. The van der Waals surface area contributed by atoms with Gasteiger partial charge in [-0.15, -0.1) is 0 Å². The van der Waals surface area contributed by atoms with Gasteiger partial charge in [-0.2, -0.15) is 5.10 Å². The molecule has 0 unspecified atom stereocenters. The average molecular weight is 326 g/mol. The number of nitrogens with zero attached hydrogens (tertiary/aromatic N) is 2. The Balaban J connectivity index is 1.67. The van der Waals surface area contributed by atoms with E-state index < -0.39 is 11.9 Å². The lowest BCUT2D eigenvalue weighted by molar-refractivity contribution is 0.0453. The van der Waals surface area contributed by atoms with Gasteiger partial charge in [-0.1, -0.05) is 18.2 Å². The van der Waals surface area contributed by atoms with Crippen LogP contribution < -0.4 is 0 Å². The Hall–Kier alpha value is -3.35. The van der Waals surface area contributed by atoms with Crippen molar-refractivity contribution in [2.24, 2.45) is 0 Å². The van der Waals surface area contributed by atoms with Gasteiger partial charge in [0.1, 0.15) is 6.61 Å². The maximum absolute atomic E-state index is 12.1. The highest BCUT2D eigenvalue weighted by molar-refractivity contribution is 5.90. The monoisotopic (exact) mass is 326 g/mol. The van der Waals surface area contributed by atoms with E-state index in [1.54, 1.807) is 16.9 Å². The Morgan fingerprint density at radius 3 is 2.71 bits per heavy atom. The first-order chi connectivity index (χ1) is 11.7. The number of hydrogen-bond donors (Lipinski definition) is 0. The molecule has 0 aliphatic heterocycles. The number of aromatic nitrogens is 2. The van der Waals surface area contributed by atoms with Crippen LogP contribution in [0.25, 0.3) is 5.69 Å². The van der Waals surface area contributed by atoms with Gasteiger partial charge < -0.3 is 13.9 Å². The van der Waals surface area contributed by atoms with Gasteiger partial charge in [0.2, 0.25) is 5.76 Å². The van der Waals surface area contributed by atoms with Crippen molar-refractivity contribution in [2.45, 2.75) is 6.61 Å². The van der Waals surface area contributed by atoms with E-state index in [1.165, 1.54) is 19.6 Å². The van der Waals surface area contributed by atoms with Gasteiger partial charge in [0.15, 0.2) is 0 Å². The predicted molar refractivity (Wildman–Crippen MR) is 82.7 cm³/mol. The molecule has 0 amide bonds. The number of methoxy groups -OCH3 is 1. The van der Waals surface area contributed by atoms with Crippen molar-refractivity contribution in [1.29, 1.82) is 0 Å². The molecule has 0 atom stereocenters. The van der Waals surface area contributed by atoms with Crippen LogP contribution in [0.15, 0.2) is 59.5 Å². The minimum absolute atomic E-state index is 0.0188. The van der Waals surface area contributed by atoms with Crippen LogP contribution in [-0.2, 0) is 16.1 Å². The first-order valence-electron chi connectivity index (χ1n) is 7.11. The van der Waals surface area contributed by atoms with Crippen molar-refractivity contribution in [3.8, 4) is 5.69 Å². The first-order valence-corrected chi connectivity index (χ1v) is 7.11. The molecule has 0 aliphatic rings. The Bertz CT molecular complexity index is 851. The maximum atomic E-state index is 12.1. The molecular formula is C17H14N2O5.